The topological polar surface area (TPSA) is 61.7 Å². The van der Waals surface area contributed by atoms with Gasteiger partial charge in [-0.2, -0.15) is 0 Å². The summed E-state index contributed by atoms with van der Waals surface area (Å²) in [7, 11) is 0. The highest BCUT2D eigenvalue weighted by Gasteiger charge is 2.07. The Hall–Kier alpha value is -1.06. The van der Waals surface area contributed by atoms with Crippen LogP contribution in [0, 0.1) is 5.92 Å². The van der Waals surface area contributed by atoms with E-state index in [1.54, 1.807) is 6.92 Å². The van der Waals surface area contributed by atoms with Gasteiger partial charge >= 0.3 is 0 Å². The molecule has 0 spiro atoms. The minimum absolute atomic E-state index is 0.199. The van der Waals surface area contributed by atoms with Crippen molar-refractivity contribution in [3.8, 4) is 0 Å². The summed E-state index contributed by atoms with van der Waals surface area (Å²) in [6.45, 7) is 4.30. The van der Waals surface area contributed by atoms with Gasteiger partial charge < -0.3 is 15.3 Å². The second-order valence-corrected chi connectivity index (χ2v) is 2.83. The summed E-state index contributed by atoms with van der Waals surface area (Å²) in [5.74, 6) is 0.532. The molecular weight excluding hydrogens is 156 g/mol. The van der Waals surface area contributed by atoms with Crippen LogP contribution in [0.1, 0.15) is 26.7 Å². The Balaban J connectivity index is 3.60. The van der Waals surface area contributed by atoms with Crippen LogP contribution in [0.2, 0.25) is 0 Å². The van der Waals surface area contributed by atoms with Crippen LogP contribution in [0.5, 0.6) is 0 Å². The molecule has 0 aromatic carbocycles. The SMILES string of the molecule is CCC(CNC=NO)CC(C)=O. The van der Waals surface area contributed by atoms with Crippen molar-refractivity contribution in [2.24, 2.45) is 11.1 Å². The minimum Gasteiger partial charge on any atom is -0.410 e. The standard InChI is InChI=1S/C8H16N2O2/c1-3-8(4-7(2)11)5-9-6-10-12/h6,8,12H,3-5H2,1-2H3,(H,9,10). The van der Waals surface area contributed by atoms with Gasteiger partial charge in [-0.15, -0.1) is 0 Å². The maximum atomic E-state index is 10.7. The summed E-state index contributed by atoms with van der Waals surface area (Å²) in [5, 5.41) is 13.7. The quantitative estimate of drug-likeness (QED) is 0.272. The van der Waals surface area contributed by atoms with Crippen LogP contribution in [-0.2, 0) is 4.79 Å². The molecule has 0 radical (unpaired) electrons. The molecule has 0 aliphatic heterocycles. The summed E-state index contributed by atoms with van der Waals surface area (Å²) in [5.41, 5.74) is 0. The highest BCUT2D eigenvalue weighted by molar-refractivity contribution is 5.75. The number of nitrogens with one attached hydrogen (secondary N) is 1. The smallest absolute Gasteiger partial charge is 0.130 e. The molecule has 0 aliphatic rings. The van der Waals surface area contributed by atoms with Crippen molar-refractivity contribution in [1.29, 1.82) is 0 Å². The molecular formula is C8H16N2O2. The van der Waals surface area contributed by atoms with Gasteiger partial charge in [0.25, 0.3) is 0 Å². The number of Topliss-reactive ketones (excluding diaryl/α,β-unsaturated/α-hetero) is 1. The third-order valence-electron chi connectivity index (χ3n) is 1.71. The van der Waals surface area contributed by atoms with Crippen molar-refractivity contribution in [2.45, 2.75) is 26.7 Å². The number of carbonyl (C=O) groups is 1. The van der Waals surface area contributed by atoms with Crippen LogP contribution in [-0.4, -0.2) is 23.9 Å². The minimum atomic E-state index is 0.199. The number of carbonyl (C=O) groups excluding carboxylic acids is 1. The second kappa shape index (κ2) is 6.64. The largest absolute Gasteiger partial charge is 0.410 e. The summed E-state index contributed by atoms with van der Waals surface area (Å²) in [6.07, 6.45) is 2.76. The van der Waals surface area contributed by atoms with E-state index in [1.807, 2.05) is 6.92 Å². The third kappa shape index (κ3) is 5.70. The van der Waals surface area contributed by atoms with Crippen LogP contribution < -0.4 is 5.32 Å². The van der Waals surface area contributed by atoms with Crippen LogP contribution in [0.3, 0.4) is 0 Å². The fourth-order valence-corrected chi connectivity index (χ4v) is 1.03. The molecule has 0 fully saturated rings. The molecule has 0 amide bonds. The second-order valence-electron chi connectivity index (χ2n) is 2.83. The van der Waals surface area contributed by atoms with Crippen molar-refractivity contribution in [1.82, 2.24) is 5.32 Å². The lowest BCUT2D eigenvalue weighted by Gasteiger charge is -2.11. The molecule has 0 bridgehead atoms. The van der Waals surface area contributed by atoms with Gasteiger partial charge in [-0.05, 0) is 12.8 Å². The molecule has 0 aromatic rings. The predicted molar refractivity (Wildman–Crippen MR) is 47.4 cm³/mol. The Morgan fingerprint density at radius 1 is 1.75 bits per heavy atom. The van der Waals surface area contributed by atoms with Gasteiger partial charge in [0.1, 0.15) is 12.1 Å². The number of ketones is 1. The molecule has 0 heterocycles. The zero-order valence-electron chi connectivity index (χ0n) is 7.58. The van der Waals surface area contributed by atoms with Gasteiger partial charge in [-0.3, -0.25) is 0 Å². The highest BCUT2D eigenvalue weighted by atomic mass is 16.4. The van der Waals surface area contributed by atoms with E-state index in [0.29, 0.717) is 18.9 Å². The summed E-state index contributed by atoms with van der Waals surface area (Å²) in [4.78, 5) is 10.7. The normalized spacial score (nSPS) is 13.2. The Bertz CT molecular complexity index is 157. The zero-order valence-corrected chi connectivity index (χ0v) is 7.58. The Morgan fingerprint density at radius 3 is 2.83 bits per heavy atom. The molecule has 0 saturated heterocycles. The molecule has 0 aromatic heterocycles. The lowest BCUT2D eigenvalue weighted by atomic mass is 10.0. The fraction of sp³-hybridized carbons (Fsp3) is 0.750. The van der Waals surface area contributed by atoms with E-state index in [2.05, 4.69) is 10.5 Å². The Morgan fingerprint density at radius 2 is 2.42 bits per heavy atom. The van der Waals surface area contributed by atoms with Crippen molar-refractivity contribution >= 4 is 12.1 Å². The lowest BCUT2D eigenvalue weighted by Crippen LogP contribution is -2.22. The van der Waals surface area contributed by atoms with Crippen molar-refractivity contribution in [3.63, 3.8) is 0 Å². The Labute approximate surface area is 72.6 Å². The molecule has 70 valence electrons. The maximum absolute atomic E-state index is 10.7. The fourth-order valence-electron chi connectivity index (χ4n) is 1.03. The number of hydrogen-bond donors (Lipinski definition) is 2. The number of hydrogen-bond acceptors (Lipinski definition) is 3. The van der Waals surface area contributed by atoms with E-state index >= 15 is 0 Å². The Kier molecular flexibility index (Phi) is 6.05. The van der Waals surface area contributed by atoms with E-state index < -0.39 is 0 Å². The van der Waals surface area contributed by atoms with Crippen molar-refractivity contribution in [3.05, 3.63) is 0 Å². The average Bonchev–Trinajstić information content (AvgIpc) is 2.02. The number of oxime groups is 1. The van der Waals surface area contributed by atoms with Crippen molar-refractivity contribution in [2.75, 3.05) is 6.54 Å². The van der Waals surface area contributed by atoms with Gasteiger partial charge in [-0.25, -0.2) is 0 Å². The van der Waals surface area contributed by atoms with E-state index in [0.717, 1.165) is 6.42 Å². The maximum Gasteiger partial charge on any atom is 0.130 e. The molecule has 4 heteroatoms. The molecule has 1 atom stereocenters. The highest BCUT2D eigenvalue weighted by Crippen LogP contribution is 2.06. The van der Waals surface area contributed by atoms with E-state index in [1.165, 1.54) is 6.34 Å². The van der Waals surface area contributed by atoms with Gasteiger partial charge in [0.05, 0.1) is 0 Å². The van der Waals surface area contributed by atoms with Crippen LogP contribution in [0.4, 0.5) is 0 Å². The molecule has 0 saturated carbocycles. The third-order valence-corrected chi connectivity index (χ3v) is 1.71. The monoisotopic (exact) mass is 172 g/mol. The average molecular weight is 172 g/mol. The molecule has 2 N–H and O–H groups in total. The molecule has 1 unspecified atom stereocenters. The number of rotatable bonds is 6. The van der Waals surface area contributed by atoms with Crippen molar-refractivity contribution < 1.29 is 10.0 Å². The van der Waals surface area contributed by atoms with Gasteiger partial charge in [-0.1, -0.05) is 18.5 Å². The zero-order chi connectivity index (χ0) is 9.40. The number of nitrogens with zero attached hydrogens (tertiary/aromatic N) is 1. The van der Waals surface area contributed by atoms with Gasteiger partial charge in [0, 0.05) is 13.0 Å². The molecule has 4 nitrogen and oxygen atoms in total. The van der Waals surface area contributed by atoms with Crippen LogP contribution >= 0.6 is 0 Å². The first-order valence-corrected chi connectivity index (χ1v) is 4.09. The molecule has 12 heavy (non-hydrogen) atoms. The van der Waals surface area contributed by atoms with Crippen LogP contribution in [0.25, 0.3) is 0 Å². The molecule has 0 rings (SSSR count). The van der Waals surface area contributed by atoms with Gasteiger partial charge in [0.15, 0.2) is 0 Å². The predicted octanol–water partition coefficient (Wildman–Crippen LogP) is 0.999. The summed E-state index contributed by atoms with van der Waals surface area (Å²) >= 11 is 0. The summed E-state index contributed by atoms with van der Waals surface area (Å²) in [6, 6.07) is 0. The van der Waals surface area contributed by atoms with E-state index in [-0.39, 0.29) is 5.78 Å². The lowest BCUT2D eigenvalue weighted by molar-refractivity contribution is -0.117. The van der Waals surface area contributed by atoms with E-state index in [9.17, 15) is 4.79 Å². The first-order valence-electron chi connectivity index (χ1n) is 4.09. The molecule has 0 aliphatic carbocycles. The van der Waals surface area contributed by atoms with E-state index in [4.69, 9.17) is 5.21 Å². The first kappa shape index (κ1) is 10.9. The summed E-state index contributed by atoms with van der Waals surface area (Å²) < 4.78 is 0. The van der Waals surface area contributed by atoms with Gasteiger partial charge in [0.2, 0.25) is 0 Å². The first-order chi connectivity index (χ1) is 5.70. The van der Waals surface area contributed by atoms with Crippen LogP contribution in [0.15, 0.2) is 5.16 Å².